The highest BCUT2D eigenvalue weighted by Crippen LogP contribution is 2.16. The van der Waals surface area contributed by atoms with Crippen molar-refractivity contribution < 1.29 is 13.9 Å². The number of halogens is 2. The van der Waals surface area contributed by atoms with Crippen LogP contribution in [0.3, 0.4) is 0 Å². The van der Waals surface area contributed by atoms with Crippen LogP contribution in [-0.2, 0) is 4.74 Å². The van der Waals surface area contributed by atoms with Gasteiger partial charge in [0.25, 0.3) is 0 Å². The van der Waals surface area contributed by atoms with E-state index in [4.69, 9.17) is 4.74 Å². The van der Waals surface area contributed by atoms with E-state index < -0.39 is 5.82 Å². The van der Waals surface area contributed by atoms with E-state index in [1.807, 2.05) is 0 Å². The molecule has 0 aliphatic heterocycles. The first kappa shape index (κ1) is 11.3. The molecule has 0 aromatic heterocycles. The summed E-state index contributed by atoms with van der Waals surface area (Å²) in [4.78, 5) is 11.4. The Balaban J connectivity index is 2.83. The molecule has 0 aliphatic rings. The fraction of sp³-hybridized carbons (Fsp3) is 0.300. The molecule has 0 saturated carbocycles. The molecule has 14 heavy (non-hydrogen) atoms. The van der Waals surface area contributed by atoms with Crippen LogP contribution >= 0.6 is 15.9 Å². The predicted octanol–water partition coefficient (Wildman–Crippen LogP) is 2.81. The van der Waals surface area contributed by atoms with Crippen molar-refractivity contribution >= 4 is 21.7 Å². The van der Waals surface area contributed by atoms with Crippen molar-refractivity contribution in [2.24, 2.45) is 0 Å². The quantitative estimate of drug-likeness (QED) is 0.779. The van der Waals surface area contributed by atoms with Crippen molar-refractivity contribution in [3.05, 3.63) is 34.1 Å². The van der Waals surface area contributed by atoms with Gasteiger partial charge in [0, 0.05) is 18.0 Å². The fourth-order valence-electron chi connectivity index (χ4n) is 1.04. The summed E-state index contributed by atoms with van der Waals surface area (Å²) in [6.45, 7) is 0.310. The van der Waals surface area contributed by atoms with Crippen molar-refractivity contribution in [2.45, 2.75) is 6.42 Å². The lowest BCUT2D eigenvalue weighted by molar-refractivity contribution is 0.0928. The zero-order chi connectivity index (χ0) is 10.6. The lowest BCUT2D eigenvalue weighted by atomic mass is 10.1. The third-order valence-electron chi connectivity index (χ3n) is 1.76. The number of benzene rings is 1. The van der Waals surface area contributed by atoms with Gasteiger partial charge in [0.15, 0.2) is 5.78 Å². The molecule has 1 aromatic rings. The van der Waals surface area contributed by atoms with Gasteiger partial charge in [-0.05, 0) is 18.2 Å². The molecule has 0 bridgehead atoms. The molecule has 0 spiro atoms. The number of ether oxygens (including phenoxy) is 1. The first-order valence-electron chi connectivity index (χ1n) is 4.12. The van der Waals surface area contributed by atoms with Crippen LogP contribution in [0.15, 0.2) is 22.7 Å². The minimum atomic E-state index is -0.491. The Morgan fingerprint density at radius 2 is 2.29 bits per heavy atom. The van der Waals surface area contributed by atoms with E-state index in [0.717, 1.165) is 0 Å². The summed E-state index contributed by atoms with van der Waals surface area (Å²) in [5, 5.41) is 0. The lowest BCUT2D eigenvalue weighted by Crippen LogP contribution is -2.05. The Bertz CT molecular complexity index is 339. The van der Waals surface area contributed by atoms with Crippen LogP contribution in [0.4, 0.5) is 4.39 Å². The molecular formula is C10H10BrFO2. The Kier molecular flexibility index (Phi) is 4.22. The van der Waals surface area contributed by atoms with Gasteiger partial charge in [0.05, 0.1) is 12.2 Å². The minimum absolute atomic E-state index is 0.108. The number of rotatable bonds is 4. The SMILES string of the molecule is COCCC(=O)c1cc(Br)ccc1F. The van der Waals surface area contributed by atoms with Gasteiger partial charge in [-0.2, -0.15) is 0 Å². The number of hydrogen-bond donors (Lipinski definition) is 0. The van der Waals surface area contributed by atoms with E-state index in [1.54, 1.807) is 6.07 Å². The van der Waals surface area contributed by atoms with Crippen LogP contribution in [0.1, 0.15) is 16.8 Å². The second-order valence-electron chi connectivity index (χ2n) is 2.79. The van der Waals surface area contributed by atoms with Crippen LogP contribution in [0.25, 0.3) is 0 Å². The number of methoxy groups -OCH3 is 1. The number of ketones is 1. The van der Waals surface area contributed by atoms with Crippen molar-refractivity contribution in [3.63, 3.8) is 0 Å². The van der Waals surface area contributed by atoms with E-state index in [1.165, 1.54) is 19.2 Å². The molecule has 2 nitrogen and oxygen atoms in total. The Labute approximate surface area is 90.2 Å². The molecule has 0 radical (unpaired) electrons. The average Bonchev–Trinajstić information content (AvgIpc) is 2.18. The van der Waals surface area contributed by atoms with Crippen LogP contribution in [0.2, 0.25) is 0 Å². The van der Waals surface area contributed by atoms with Gasteiger partial charge in [-0.1, -0.05) is 15.9 Å². The molecule has 0 saturated heterocycles. The van der Waals surface area contributed by atoms with Gasteiger partial charge < -0.3 is 4.74 Å². The largest absolute Gasteiger partial charge is 0.384 e. The summed E-state index contributed by atoms with van der Waals surface area (Å²) in [6.07, 6.45) is 0.198. The van der Waals surface area contributed by atoms with Crippen LogP contribution < -0.4 is 0 Å². The van der Waals surface area contributed by atoms with Gasteiger partial charge in [-0.3, -0.25) is 4.79 Å². The maximum Gasteiger partial charge on any atom is 0.168 e. The lowest BCUT2D eigenvalue weighted by Gasteiger charge is -2.02. The summed E-state index contributed by atoms with van der Waals surface area (Å²) in [6, 6.07) is 4.31. The number of Topliss-reactive ketones (excluding diaryl/α,β-unsaturated/α-hetero) is 1. The molecule has 0 unspecified atom stereocenters. The van der Waals surface area contributed by atoms with Crippen LogP contribution in [0.5, 0.6) is 0 Å². The average molecular weight is 261 g/mol. The van der Waals surface area contributed by atoms with Crippen LogP contribution in [-0.4, -0.2) is 19.5 Å². The predicted molar refractivity (Wildman–Crippen MR) is 54.9 cm³/mol. The zero-order valence-corrected chi connectivity index (χ0v) is 9.30. The van der Waals surface area contributed by atoms with Crippen molar-refractivity contribution in [1.82, 2.24) is 0 Å². The summed E-state index contributed by atoms with van der Waals surface area (Å²) < 4.78 is 18.6. The van der Waals surface area contributed by atoms with E-state index in [-0.39, 0.29) is 17.8 Å². The highest BCUT2D eigenvalue weighted by Gasteiger charge is 2.11. The standard InChI is InChI=1S/C10H10BrFO2/c1-14-5-4-10(13)8-6-7(11)2-3-9(8)12/h2-3,6H,4-5H2,1H3. The maximum absolute atomic E-state index is 13.2. The minimum Gasteiger partial charge on any atom is -0.384 e. The zero-order valence-electron chi connectivity index (χ0n) is 7.72. The molecule has 76 valence electrons. The Morgan fingerprint density at radius 1 is 1.57 bits per heavy atom. The first-order chi connectivity index (χ1) is 6.65. The maximum atomic E-state index is 13.2. The third-order valence-corrected chi connectivity index (χ3v) is 2.26. The monoisotopic (exact) mass is 260 g/mol. The Morgan fingerprint density at radius 3 is 2.93 bits per heavy atom. The number of carbonyl (C=O) groups is 1. The Hall–Kier alpha value is -0.740. The van der Waals surface area contributed by atoms with Gasteiger partial charge >= 0.3 is 0 Å². The third kappa shape index (κ3) is 2.89. The molecule has 0 amide bonds. The molecule has 4 heteroatoms. The molecule has 0 fully saturated rings. The molecule has 0 heterocycles. The van der Waals surface area contributed by atoms with Gasteiger partial charge in [-0.15, -0.1) is 0 Å². The van der Waals surface area contributed by atoms with Crippen molar-refractivity contribution in [3.8, 4) is 0 Å². The second kappa shape index (κ2) is 5.22. The molecule has 0 atom stereocenters. The molecule has 0 N–H and O–H groups in total. The van der Waals surface area contributed by atoms with E-state index in [0.29, 0.717) is 11.1 Å². The first-order valence-corrected chi connectivity index (χ1v) is 4.91. The van der Waals surface area contributed by atoms with Gasteiger partial charge in [0.2, 0.25) is 0 Å². The summed E-state index contributed by atoms with van der Waals surface area (Å²) in [7, 11) is 1.50. The normalized spacial score (nSPS) is 10.2. The summed E-state index contributed by atoms with van der Waals surface area (Å²) in [5.74, 6) is -0.736. The highest BCUT2D eigenvalue weighted by molar-refractivity contribution is 9.10. The van der Waals surface area contributed by atoms with Crippen molar-refractivity contribution in [1.29, 1.82) is 0 Å². The molecular weight excluding hydrogens is 251 g/mol. The fourth-order valence-corrected chi connectivity index (χ4v) is 1.40. The molecule has 0 aliphatic carbocycles. The van der Waals surface area contributed by atoms with E-state index >= 15 is 0 Å². The molecule has 1 aromatic carbocycles. The van der Waals surface area contributed by atoms with E-state index in [9.17, 15) is 9.18 Å². The van der Waals surface area contributed by atoms with Gasteiger partial charge in [-0.25, -0.2) is 4.39 Å². The van der Waals surface area contributed by atoms with Crippen molar-refractivity contribution in [2.75, 3.05) is 13.7 Å². The van der Waals surface area contributed by atoms with E-state index in [2.05, 4.69) is 15.9 Å². The summed E-state index contributed by atoms with van der Waals surface area (Å²) in [5.41, 5.74) is 0.108. The van der Waals surface area contributed by atoms with Crippen LogP contribution in [0, 0.1) is 5.82 Å². The number of carbonyl (C=O) groups excluding carboxylic acids is 1. The topological polar surface area (TPSA) is 26.3 Å². The molecule has 1 rings (SSSR count). The number of hydrogen-bond acceptors (Lipinski definition) is 2. The summed E-state index contributed by atoms with van der Waals surface area (Å²) >= 11 is 3.18. The second-order valence-corrected chi connectivity index (χ2v) is 3.71. The highest BCUT2D eigenvalue weighted by atomic mass is 79.9. The smallest absolute Gasteiger partial charge is 0.168 e. The van der Waals surface area contributed by atoms with Gasteiger partial charge in [0.1, 0.15) is 5.82 Å².